The molecule has 0 unspecified atom stereocenters. The highest BCUT2D eigenvalue weighted by atomic mass is 35.5. The van der Waals surface area contributed by atoms with E-state index in [4.69, 9.17) is 11.6 Å². The summed E-state index contributed by atoms with van der Waals surface area (Å²) in [6.45, 7) is 2.08. The van der Waals surface area contributed by atoms with Gasteiger partial charge in [-0.05, 0) is 48.4 Å². The van der Waals surface area contributed by atoms with Crippen molar-refractivity contribution in [1.29, 1.82) is 0 Å². The Labute approximate surface area is 188 Å². The van der Waals surface area contributed by atoms with E-state index in [1.807, 2.05) is 36.4 Å². The van der Waals surface area contributed by atoms with Gasteiger partial charge in [0.15, 0.2) is 5.16 Å². The van der Waals surface area contributed by atoms with E-state index in [1.54, 1.807) is 28.8 Å². The van der Waals surface area contributed by atoms with E-state index in [0.717, 1.165) is 6.42 Å². The van der Waals surface area contributed by atoms with Gasteiger partial charge in [0, 0.05) is 6.20 Å². The molecule has 1 N–H and O–H groups in total. The average Bonchev–Trinajstić information content (AvgIpc) is 2.79. The molecular weight excluding hydrogens is 432 g/mol. The second kappa shape index (κ2) is 9.32. The summed E-state index contributed by atoms with van der Waals surface area (Å²) >= 11 is 7.02. The van der Waals surface area contributed by atoms with Crippen molar-refractivity contribution in [2.75, 3.05) is 11.1 Å². The van der Waals surface area contributed by atoms with Crippen molar-refractivity contribution in [3.63, 3.8) is 0 Å². The van der Waals surface area contributed by atoms with E-state index in [1.165, 1.54) is 23.5 Å². The van der Waals surface area contributed by atoms with E-state index >= 15 is 0 Å². The Morgan fingerprint density at radius 2 is 1.87 bits per heavy atom. The monoisotopic (exact) mass is 450 g/mol. The lowest BCUT2D eigenvalue weighted by Gasteiger charge is -2.13. The molecule has 0 atom stereocenters. The number of thioether (sulfide) groups is 1. The Morgan fingerprint density at radius 1 is 1.10 bits per heavy atom. The zero-order valence-corrected chi connectivity index (χ0v) is 18.3. The Morgan fingerprint density at radius 3 is 2.58 bits per heavy atom. The molecule has 4 rings (SSSR count). The number of carbonyl (C=O) groups excluding carboxylic acids is 1. The van der Waals surface area contributed by atoms with Crippen LogP contribution < -0.4 is 10.9 Å². The maximum atomic E-state index is 13.3. The number of carbonyl (C=O) groups is 1. The topological polar surface area (TPSA) is 76.9 Å². The van der Waals surface area contributed by atoms with Crippen molar-refractivity contribution in [2.45, 2.75) is 18.5 Å². The molecule has 0 spiro atoms. The van der Waals surface area contributed by atoms with Crippen LogP contribution in [0.2, 0.25) is 5.02 Å². The van der Waals surface area contributed by atoms with Gasteiger partial charge in [-0.25, -0.2) is 9.97 Å². The minimum atomic E-state index is -0.255. The highest BCUT2D eigenvalue weighted by molar-refractivity contribution is 7.99. The predicted molar refractivity (Wildman–Crippen MR) is 125 cm³/mol. The number of rotatable bonds is 6. The molecule has 0 radical (unpaired) electrons. The van der Waals surface area contributed by atoms with Gasteiger partial charge in [-0.1, -0.05) is 54.6 Å². The van der Waals surface area contributed by atoms with Crippen LogP contribution >= 0.6 is 23.4 Å². The van der Waals surface area contributed by atoms with Crippen LogP contribution in [0.4, 0.5) is 5.82 Å². The Kier molecular flexibility index (Phi) is 6.34. The number of fused-ring (bicyclic) bond motifs is 1. The molecule has 0 saturated carbocycles. The molecule has 1 amide bonds. The first kappa shape index (κ1) is 21.1. The lowest BCUT2D eigenvalue weighted by atomic mass is 10.1. The normalized spacial score (nSPS) is 10.9. The predicted octanol–water partition coefficient (Wildman–Crippen LogP) is 4.73. The minimum Gasteiger partial charge on any atom is -0.310 e. The number of halogens is 1. The van der Waals surface area contributed by atoms with Crippen LogP contribution in [0, 0.1) is 0 Å². The first-order chi connectivity index (χ1) is 15.0. The van der Waals surface area contributed by atoms with Gasteiger partial charge in [0.2, 0.25) is 5.91 Å². The first-order valence-electron chi connectivity index (χ1n) is 9.70. The molecule has 2 heterocycles. The zero-order valence-electron chi connectivity index (χ0n) is 16.7. The van der Waals surface area contributed by atoms with E-state index in [-0.39, 0.29) is 17.2 Å². The second-order valence-electron chi connectivity index (χ2n) is 6.77. The van der Waals surface area contributed by atoms with Crippen LogP contribution in [-0.4, -0.2) is 26.2 Å². The molecule has 31 heavy (non-hydrogen) atoms. The number of anilines is 1. The second-order valence-corrected chi connectivity index (χ2v) is 8.15. The molecule has 0 aliphatic carbocycles. The smallest absolute Gasteiger partial charge is 0.266 e. The van der Waals surface area contributed by atoms with E-state index in [0.29, 0.717) is 32.6 Å². The third kappa shape index (κ3) is 4.78. The largest absolute Gasteiger partial charge is 0.310 e. The third-order valence-electron chi connectivity index (χ3n) is 4.67. The lowest BCUT2D eigenvalue weighted by molar-refractivity contribution is -0.113. The lowest BCUT2D eigenvalue weighted by Crippen LogP contribution is -2.23. The highest BCUT2D eigenvalue weighted by Gasteiger charge is 2.15. The van der Waals surface area contributed by atoms with Gasteiger partial charge in [0.1, 0.15) is 5.82 Å². The van der Waals surface area contributed by atoms with Crippen molar-refractivity contribution in [3.8, 4) is 5.69 Å². The maximum absolute atomic E-state index is 13.3. The molecule has 4 aromatic rings. The summed E-state index contributed by atoms with van der Waals surface area (Å²) in [6, 6.07) is 18.3. The SMILES string of the molecule is CCc1ccc(-n2c(SCC(=O)Nc3ccc(Cl)cn3)nc3ccccc3c2=O)cc1. The fourth-order valence-corrected chi connectivity index (χ4v) is 4.00. The van der Waals surface area contributed by atoms with Crippen LogP contribution in [-0.2, 0) is 11.2 Å². The fourth-order valence-electron chi connectivity index (χ4n) is 3.08. The molecule has 6 nitrogen and oxygen atoms in total. The van der Waals surface area contributed by atoms with Gasteiger partial charge in [-0.2, -0.15) is 0 Å². The standard InChI is InChI=1S/C23H19ClN4O2S/c1-2-15-7-10-17(11-8-15)28-22(30)18-5-3-4-6-19(18)26-23(28)31-14-21(29)27-20-12-9-16(24)13-25-20/h3-13H,2,14H2,1H3,(H,25,27,29). The molecule has 0 aliphatic heterocycles. The Hall–Kier alpha value is -3.16. The van der Waals surface area contributed by atoms with Crippen molar-refractivity contribution in [1.82, 2.24) is 14.5 Å². The summed E-state index contributed by atoms with van der Waals surface area (Å²) in [4.78, 5) is 34.4. The number of hydrogen-bond acceptors (Lipinski definition) is 5. The minimum absolute atomic E-state index is 0.0716. The van der Waals surface area contributed by atoms with Crippen LogP contribution in [0.3, 0.4) is 0 Å². The molecule has 0 saturated heterocycles. The number of amides is 1. The van der Waals surface area contributed by atoms with Crippen LogP contribution in [0.25, 0.3) is 16.6 Å². The number of nitrogens with zero attached hydrogens (tertiary/aromatic N) is 3. The zero-order chi connectivity index (χ0) is 21.8. The fraction of sp³-hybridized carbons (Fsp3) is 0.130. The summed E-state index contributed by atoms with van der Waals surface area (Å²) in [5, 5.41) is 4.19. The average molecular weight is 451 g/mol. The molecule has 2 aromatic heterocycles. The summed E-state index contributed by atoms with van der Waals surface area (Å²) in [5.74, 6) is 0.228. The van der Waals surface area contributed by atoms with Crippen molar-refractivity contribution in [2.24, 2.45) is 0 Å². The van der Waals surface area contributed by atoms with E-state index in [2.05, 4.69) is 22.2 Å². The number of nitrogens with one attached hydrogen (secondary N) is 1. The van der Waals surface area contributed by atoms with Crippen molar-refractivity contribution >= 4 is 46.0 Å². The number of hydrogen-bond donors (Lipinski definition) is 1. The first-order valence-corrected chi connectivity index (χ1v) is 11.1. The van der Waals surface area contributed by atoms with Gasteiger partial charge >= 0.3 is 0 Å². The highest BCUT2D eigenvalue weighted by Crippen LogP contribution is 2.22. The Bertz CT molecular complexity index is 1290. The molecule has 2 aromatic carbocycles. The molecule has 8 heteroatoms. The molecule has 156 valence electrons. The van der Waals surface area contributed by atoms with E-state index < -0.39 is 0 Å². The van der Waals surface area contributed by atoms with Gasteiger partial charge in [0.05, 0.1) is 27.4 Å². The van der Waals surface area contributed by atoms with Gasteiger partial charge in [-0.15, -0.1) is 0 Å². The van der Waals surface area contributed by atoms with Crippen LogP contribution in [0.15, 0.2) is 76.8 Å². The number of pyridine rings is 1. The molecule has 0 fully saturated rings. The summed E-state index contributed by atoms with van der Waals surface area (Å²) < 4.78 is 1.56. The summed E-state index contributed by atoms with van der Waals surface area (Å²) in [5.41, 5.74) is 2.31. The van der Waals surface area contributed by atoms with Gasteiger partial charge in [-0.3, -0.25) is 14.2 Å². The summed E-state index contributed by atoms with van der Waals surface area (Å²) in [7, 11) is 0. The Balaban J connectivity index is 1.66. The van der Waals surface area contributed by atoms with Gasteiger partial charge < -0.3 is 5.32 Å². The molecule has 0 bridgehead atoms. The van der Waals surface area contributed by atoms with Crippen LogP contribution in [0.1, 0.15) is 12.5 Å². The summed E-state index contributed by atoms with van der Waals surface area (Å²) in [6.07, 6.45) is 2.37. The quantitative estimate of drug-likeness (QED) is 0.339. The molecule has 0 aliphatic rings. The number of para-hydroxylation sites is 1. The third-order valence-corrected chi connectivity index (χ3v) is 5.84. The van der Waals surface area contributed by atoms with Crippen molar-refractivity contribution in [3.05, 3.63) is 87.8 Å². The van der Waals surface area contributed by atoms with Crippen molar-refractivity contribution < 1.29 is 4.79 Å². The number of aryl methyl sites for hydroxylation is 1. The van der Waals surface area contributed by atoms with Crippen LogP contribution in [0.5, 0.6) is 0 Å². The molecular formula is C23H19ClN4O2S. The van der Waals surface area contributed by atoms with Gasteiger partial charge in [0.25, 0.3) is 5.56 Å². The maximum Gasteiger partial charge on any atom is 0.266 e. The number of aromatic nitrogens is 3. The number of benzene rings is 2. The van der Waals surface area contributed by atoms with E-state index in [9.17, 15) is 9.59 Å².